The molecule has 2 aromatic rings. The van der Waals surface area contributed by atoms with Gasteiger partial charge in [0.2, 0.25) is 10.0 Å². The highest BCUT2D eigenvalue weighted by Crippen LogP contribution is 2.39. The number of hydrazine groups is 1. The summed E-state index contributed by atoms with van der Waals surface area (Å²) in [6.45, 7) is 2.95. The number of hydrogen-bond donors (Lipinski definition) is 2. The summed E-state index contributed by atoms with van der Waals surface area (Å²) in [5.74, 6) is 0.888. The number of aryl methyl sites for hydroxylation is 1. The average Bonchev–Trinajstić information content (AvgIpc) is 3.17. The Kier molecular flexibility index (Phi) is 4.15. The third-order valence-electron chi connectivity index (χ3n) is 5.21. The molecule has 3 unspecified atom stereocenters. The van der Waals surface area contributed by atoms with Crippen molar-refractivity contribution in [3.05, 3.63) is 41.7 Å². The molecule has 0 amide bonds. The summed E-state index contributed by atoms with van der Waals surface area (Å²) in [6.07, 6.45) is 2.06. The van der Waals surface area contributed by atoms with Gasteiger partial charge in [-0.05, 0) is 13.3 Å². The number of hydrogen-bond acceptors (Lipinski definition) is 6. The average molecular weight is 362 g/mol. The van der Waals surface area contributed by atoms with Crippen molar-refractivity contribution >= 4 is 10.0 Å². The monoisotopic (exact) mass is 362 g/mol. The molecule has 0 radical (unpaired) electrons. The number of piperidine rings is 1. The zero-order valence-corrected chi connectivity index (χ0v) is 15.1. The van der Waals surface area contributed by atoms with Gasteiger partial charge in [0.25, 0.3) is 0 Å². The summed E-state index contributed by atoms with van der Waals surface area (Å²) in [4.78, 5) is 0. The maximum atomic E-state index is 12.0. The van der Waals surface area contributed by atoms with Crippen LogP contribution < -0.4 is 10.9 Å². The van der Waals surface area contributed by atoms with Crippen molar-refractivity contribution in [2.24, 2.45) is 5.92 Å². The van der Waals surface area contributed by atoms with E-state index in [1.807, 2.05) is 37.3 Å². The van der Waals surface area contributed by atoms with Gasteiger partial charge in [0.15, 0.2) is 0 Å². The summed E-state index contributed by atoms with van der Waals surface area (Å²) in [6, 6.07) is 10.1. The van der Waals surface area contributed by atoms with Crippen molar-refractivity contribution in [2.45, 2.75) is 25.4 Å². The molecule has 0 spiro atoms. The number of sulfonamides is 1. The highest BCUT2D eigenvalue weighted by molar-refractivity contribution is 7.88. The smallest absolute Gasteiger partial charge is 0.211 e. The number of benzene rings is 1. The van der Waals surface area contributed by atoms with Crippen LogP contribution in [0.3, 0.4) is 0 Å². The van der Waals surface area contributed by atoms with E-state index in [1.54, 1.807) is 4.31 Å². The molecule has 2 fully saturated rings. The molecule has 0 aliphatic carbocycles. The summed E-state index contributed by atoms with van der Waals surface area (Å²) in [7, 11) is -3.19. The van der Waals surface area contributed by atoms with Crippen LogP contribution in [-0.2, 0) is 10.0 Å². The Morgan fingerprint density at radius 1 is 1.24 bits per heavy atom. The first-order valence-electron chi connectivity index (χ1n) is 8.43. The number of rotatable bonds is 3. The summed E-state index contributed by atoms with van der Waals surface area (Å²) < 4.78 is 31.0. The minimum absolute atomic E-state index is 0.0454. The molecule has 134 valence electrons. The molecule has 3 atom stereocenters. The number of aromatic nitrogens is 1. The number of nitrogens with zero attached hydrogens (tertiary/aromatic N) is 2. The van der Waals surface area contributed by atoms with Crippen LogP contribution in [-0.4, -0.2) is 43.3 Å². The van der Waals surface area contributed by atoms with E-state index in [0.717, 1.165) is 29.0 Å². The first-order chi connectivity index (χ1) is 11.9. The van der Waals surface area contributed by atoms with E-state index < -0.39 is 10.0 Å². The van der Waals surface area contributed by atoms with Gasteiger partial charge < -0.3 is 4.52 Å². The number of nitrogens with one attached hydrogen (secondary N) is 2. The Morgan fingerprint density at radius 3 is 2.72 bits per heavy atom. The molecule has 2 saturated heterocycles. The quantitative estimate of drug-likeness (QED) is 0.859. The predicted octanol–water partition coefficient (Wildman–Crippen LogP) is 1.45. The maximum Gasteiger partial charge on any atom is 0.211 e. The first-order valence-corrected chi connectivity index (χ1v) is 10.3. The standard InChI is InChI=1S/C17H22N4O3S/c1-11-15(16(20-24-11)12-6-4-3-5-7-12)17-13-10-21(25(2,22)23)9-8-14(13)18-19-17/h3-7,13-14,17-19H,8-10H2,1-2H3. The summed E-state index contributed by atoms with van der Waals surface area (Å²) in [5.41, 5.74) is 9.50. The second-order valence-corrected chi connectivity index (χ2v) is 8.80. The van der Waals surface area contributed by atoms with Crippen molar-refractivity contribution in [1.82, 2.24) is 20.3 Å². The van der Waals surface area contributed by atoms with Crippen molar-refractivity contribution in [1.29, 1.82) is 0 Å². The molecular weight excluding hydrogens is 340 g/mol. The largest absolute Gasteiger partial charge is 0.361 e. The molecule has 7 nitrogen and oxygen atoms in total. The van der Waals surface area contributed by atoms with Crippen LogP contribution in [0.1, 0.15) is 23.8 Å². The molecule has 1 aromatic heterocycles. The van der Waals surface area contributed by atoms with Crippen molar-refractivity contribution in [2.75, 3.05) is 19.3 Å². The van der Waals surface area contributed by atoms with Crippen LogP contribution in [0.25, 0.3) is 11.3 Å². The molecule has 2 aliphatic rings. The molecule has 25 heavy (non-hydrogen) atoms. The van der Waals surface area contributed by atoms with E-state index in [9.17, 15) is 8.42 Å². The van der Waals surface area contributed by atoms with Crippen LogP contribution in [0.4, 0.5) is 0 Å². The SMILES string of the molecule is Cc1onc(-c2ccccc2)c1C1NNC2CCN(S(C)(=O)=O)CC21. The van der Waals surface area contributed by atoms with Crippen LogP contribution in [0, 0.1) is 12.8 Å². The van der Waals surface area contributed by atoms with Gasteiger partial charge in [0.1, 0.15) is 11.5 Å². The van der Waals surface area contributed by atoms with Gasteiger partial charge >= 0.3 is 0 Å². The van der Waals surface area contributed by atoms with E-state index in [0.29, 0.717) is 13.1 Å². The topological polar surface area (TPSA) is 87.5 Å². The molecule has 4 rings (SSSR count). The first kappa shape index (κ1) is 16.7. The molecule has 0 bridgehead atoms. The minimum atomic E-state index is -3.19. The highest BCUT2D eigenvalue weighted by Gasteiger charge is 2.44. The molecule has 1 aromatic carbocycles. The predicted molar refractivity (Wildman–Crippen MR) is 94.0 cm³/mol. The number of fused-ring (bicyclic) bond motifs is 1. The molecule has 0 saturated carbocycles. The normalized spacial score (nSPS) is 27.4. The summed E-state index contributed by atoms with van der Waals surface area (Å²) >= 11 is 0. The van der Waals surface area contributed by atoms with Gasteiger partial charge in [-0.1, -0.05) is 35.5 Å². The fourth-order valence-corrected chi connectivity index (χ4v) is 4.79. The van der Waals surface area contributed by atoms with Gasteiger partial charge in [-0.2, -0.15) is 0 Å². The highest BCUT2D eigenvalue weighted by atomic mass is 32.2. The Hall–Kier alpha value is -1.74. The molecule has 2 N–H and O–H groups in total. The fraction of sp³-hybridized carbons (Fsp3) is 0.471. The third kappa shape index (κ3) is 2.99. The van der Waals surface area contributed by atoms with Gasteiger partial charge in [0.05, 0.1) is 12.3 Å². The van der Waals surface area contributed by atoms with Crippen molar-refractivity contribution in [3.63, 3.8) is 0 Å². The van der Waals surface area contributed by atoms with Crippen molar-refractivity contribution < 1.29 is 12.9 Å². The van der Waals surface area contributed by atoms with Crippen LogP contribution in [0.5, 0.6) is 0 Å². The zero-order valence-electron chi connectivity index (χ0n) is 14.3. The maximum absolute atomic E-state index is 12.0. The minimum Gasteiger partial charge on any atom is -0.361 e. The van der Waals surface area contributed by atoms with E-state index in [4.69, 9.17) is 4.52 Å². The Balaban J connectivity index is 1.70. The van der Waals surface area contributed by atoms with E-state index in [-0.39, 0.29) is 18.0 Å². The molecule has 2 aliphatic heterocycles. The summed E-state index contributed by atoms with van der Waals surface area (Å²) in [5, 5.41) is 4.26. The van der Waals surface area contributed by atoms with Gasteiger partial charge in [-0.15, -0.1) is 0 Å². The van der Waals surface area contributed by atoms with Crippen LogP contribution in [0.2, 0.25) is 0 Å². The Bertz CT molecular complexity index is 865. The lowest BCUT2D eigenvalue weighted by Gasteiger charge is -2.34. The lowest BCUT2D eigenvalue weighted by atomic mass is 9.84. The molecular formula is C17H22N4O3S. The molecule has 3 heterocycles. The second-order valence-electron chi connectivity index (χ2n) is 6.81. The Labute approximate surface area is 147 Å². The van der Waals surface area contributed by atoms with E-state index >= 15 is 0 Å². The van der Waals surface area contributed by atoms with E-state index in [2.05, 4.69) is 16.0 Å². The van der Waals surface area contributed by atoms with Crippen molar-refractivity contribution in [3.8, 4) is 11.3 Å². The fourth-order valence-electron chi connectivity index (χ4n) is 3.91. The van der Waals surface area contributed by atoms with Gasteiger partial charge in [-0.3, -0.25) is 5.43 Å². The van der Waals surface area contributed by atoms with Crippen LogP contribution in [0.15, 0.2) is 34.9 Å². The lowest BCUT2D eigenvalue weighted by molar-refractivity contribution is 0.235. The Morgan fingerprint density at radius 2 is 2.00 bits per heavy atom. The zero-order chi connectivity index (χ0) is 17.6. The third-order valence-corrected chi connectivity index (χ3v) is 6.48. The second kappa shape index (κ2) is 6.21. The van der Waals surface area contributed by atoms with E-state index in [1.165, 1.54) is 6.26 Å². The van der Waals surface area contributed by atoms with Crippen LogP contribution >= 0.6 is 0 Å². The van der Waals surface area contributed by atoms with Gasteiger partial charge in [-0.25, -0.2) is 18.1 Å². The molecule has 8 heteroatoms. The van der Waals surface area contributed by atoms with Gasteiger partial charge in [0, 0.05) is 36.2 Å². The lowest BCUT2D eigenvalue weighted by Crippen LogP contribution is -2.47.